The molecule has 0 aromatic heterocycles. The van der Waals surface area contributed by atoms with E-state index in [0.717, 1.165) is 21.2 Å². The molecule has 5 rings (SSSR count). The maximum absolute atomic E-state index is 14.0. The number of nitrogens with one attached hydrogen (secondary N) is 1. The number of carbonyl (C=O) groups excluding carboxylic acids is 2. The SMILES string of the molecule is COc1cc(/C=C2/NC(=O)N(Cc3ccccc3F)C2=O)ccc1OCc1cccc2ccccc12. The highest BCUT2D eigenvalue weighted by atomic mass is 19.1. The Bertz CT molecular complexity index is 1490. The average molecular weight is 483 g/mol. The first kappa shape index (κ1) is 23.1. The highest BCUT2D eigenvalue weighted by Gasteiger charge is 2.34. The van der Waals surface area contributed by atoms with Gasteiger partial charge in [-0.25, -0.2) is 9.18 Å². The minimum absolute atomic E-state index is 0.0998. The lowest BCUT2D eigenvalue weighted by Gasteiger charge is -2.13. The molecule has 1 fully saturated rings. The van der Waals surface area contributed by atoms with Gasteiger partial charge in [0.2, 0.25) is 0 Å². The van der Waals surface area contributed by atoms with Gasteiger partial charge in [0.1, 0.15) is 18.1 Å². The second-order valence-corrected chi connectivity index (χ2v) is 8.31. The number of amides is 3. The van der Waals surface area contributed by atoms with E-state index < -0.39 is 17.8 Å². The zero-order valence-corrected chi connectivity index (χ0v) is 19.5. The summed E-state index contributed by atoms with van der Waals surface area (Å²) >= 11 is 0. The molecule has 4 aromatic rings. The molecule has 180 valence electrons. The number of hydrogen-bond donors (Lipinski definition) is 1. The van der Waals surface area contributed by atoms with Gasteiger partial charge >= 0.3 is 6.03 Å². The number of ether oxygens (including phenoxy) is 2. The van der Waals surface area contributed by atoms with Crippen molar-refractivity contribution in [2.45, 2.75) is 13.2 Å². The number of carbonyl (C=O) groups is 2. The molecule has 0 atom stereocenters. The number of halogens is 1. The summed E-state index contributed by atoms with van der Waals surface area (Å²) in [5.74, 6) is 0.0398. The number of urea groups is 1. The van der Waals surface area contributed by atoms with Gasteiger partial charge in [-0.05, 0) is 46.2 Å². The Balaban J connectivity index is 1.33. The van der Waals surface area contributed by atoms with Crippen LogP contribution < -0.4 is 14.8 Å². The number of nitrogens with zero attached hydrogens (tertiary/aromatic N) is 1. The van der Waals surface area contributed by atoms with Crippen molar-refractivity contribution < 1.29 is 23.5 Å². The fourth-order valence-electron chi connectivity index (χ4n) is 4.15. The molecule has 0 bridgehead atoms. The van der Waals surface area contributed by atoms with E-state index in [1.54, 1.807) is 42.5 Å². The lowest BCUT2D eigenvalue weighted by atomic mass is 10.1. The van der Waals surface area contributed by atoms with Gasteiger partial charge < -0.3 is 14.8 Å². The van der Waals surface area contributed by atoms with Gasteiger partial charge in [-0.2, -0.15) is 0 Å². The Morgan fingerprint density at radius 1 is 0.889 bits per heavy atom. The van der Waals surface area contributed by atoms with Gasteiger partial charge in [-0.3, -0.25) is 9.69 Å². The molecule has 0 saturated carbocycles. The maximum atomic E-state index is 14.0. The summed E-state index contributed by atoms with van der Waals surface area (Å²) in [6.45, 7) is 0.205. The van der Waals surface area contributed by atoms with Gasteiger partial charge in [0.25, 0.3) is 5.91 Å². The van der Waals surface area contributed by atoms with Crippen molar-refractivity contribution in [3.05, 3.63) is 113 Å². The highest BCUT2D eigenvalue weighted by Crippen LogP contribution is 2.31. The largest absolute Gasteiger partial charge is 0.493 e. The standard InChI is InChI=1S/C29H23FN2O4/c1-35-27-16-19(13-14-26(27)36-18-22-10-6-9-20-7-2-4-11-23(20)22)15-25-28(33)32(29(34)31-25)17-21-8-3-5-12-24(21)30/h2-16H,17-18H2,1H3,(H,31,34)/b25-15+. The van der Waals surface area contributed by atoms with Crippen molar-refractivity contribution >= 4 is 28.8 Å². The van der Waals surface area contributed by atoms with Crippen LogP contribution in [0.3, 0.4) is 0 Å². The van der Waals surface area contributed by atoms with E-state index >= 15 is 0 Å². The van der Waals surface area contributed by atoms with Crippen molar-refractivity contribution in [2.24, 2.45) is 0 Å². The van der Waals surface area contributed by atoms with Crippen molar-refractivity contribution in [3.8, 4) is 11.5 Å². The van der Waals surface area contributed by atoms with E-state index in [1.165, 1.54) is 13.2 Å². The number of rotatable bonds is 7. The summed E-state index contributed by atoms with van der Waals surface area (Å²) in [4.78, 5) is 26.2. The predicted octanol–water partition coefficient (Wildman–Crippen LogP) is 5.66. The van der Waals surface area contributed by atoms with E-state index in [9.17, 15) is 14.0 Å². The lowest BCUT2D eigenvalue weighted by molar-refractivity contribution is -0.123. The molecule has 0 spiro atoms. The Morgan fingerprint density at radius 3 is 2.47 bits per heavy atom. The van der Waals surface area contributed by atoms with Crippen LogP contribution in [-0.2, 0) is 17.9 Å². The normalized spacial score (nSPS) is 14.4. The molecule has 0 unspecified atom stereocenters. The molecule has 7 heteroatoms. The van der Waals surface area contributed by atoms with Gasteiger partial charge in [0, 0.05) is 5.56 Å². The van der Waals surface area contributed by atoms with E-state index in [1.807, 2.05) is 24.3 Å². The van der Waals surface area contributed by atoms with Gasteiger partial charge in [-0.15, -0.1) is 0 Å². The Hall–Kier alpha value is -4.65. The van der Waals surface area contributed by atoms with E-state index in [0.29, 0.717) is 23.7 Å². The van der Waals surface area contributed by atoms with Crippen molar-refractivity contribution in [3.63, 3.8) is 0 Å². The molecule has 1 saturated heterocycles. The topological polar surface area (TPSA) is 67.9 Å². The van der Waals surface area contributed by atoms with Crippen LogP contribution in [0.4, 0.5) is 9.18 Å². The summed E-state index contributed by atoms with van der Waals surface area (Å²) in [5.41, 5.74) is 2.05. The van der Waals surface area contributed by atoms with Crippen LogP contribution in [0.15, 0.2) is 90.6 Å². The number of hydrogen-bond acceptors (Lipinski definition) is 4. The average Bonchev–Trinajstić information content (AvgIpc) is 3.16. The molecular formula is C29H23FN2O4. The Kier molecular flexibility index (Phi) is 6.36. The van der Waals surface area contributed by atoms with Crippen LogP contribution in [0, 0.1) is 5.82 Å². The van der Waals surface area contributed by atoms with E-state index in [2.05, 4.69) is 23.5 Å². The zero-order chi connectivity index (χ0) is 25.1. The summed E-state index contributed by atoms with van der Waals surface area (Å²) in [6, 6.07) is 24.9. The number of imide groups is 1. The third-order valence-electron chi connectivity index (χ3n) is 6.01. The second-order valence-electron chi connectivity index (χ2n) is 8.31. The molecule has 1 aliphatic heterocycles. The third-order valence-corrected chi connectivity index (χ3v) is 6.01. The first-order valence-corrected chi connectivity index (χ1v) is 11.4. The smallest absolute Gasteiger partial charge is 0.329 e. The van der Waals surface area contributed by atoms with Crippen molar-refractivity contribution in [1.29, 1.82) is 0 Å². The molecule has 1 aliphatic rings. The van der Waals surface area contributed by atoms with E-state index in [-0.39, 0.29) is 17.8 Å². The molecule has 1 heterocycles. The molecule has 36 heavy (non-hydrogen) atoms. The molecule has 6 nitrogen and oxygen atoms in total. The fraction of sp³-hybridized carbons (Fsp3) is 0.103. The summed E-state index contributed by atoms with van der Waals surface area (Å²) in [7, 11) is 1.54. The van der Waals surface area contributed by atoms with Crippen molar-refractivity contribution in [1.82, 2.24) is 10.2 Å². The minimum atomic E-state index is -0.600. The number of fused-ring (bicyclic) bond motifs is 1. The van der Waals surface area contributed by atoms with Crippen LogP contribution in [0.25, 0.3) is 16.8 Å². The second kappa shape index (κ2) is 9.92. The molecule has 1 N–H and O–H groups in total. The quantitative estimate of drug-likeness (QED) is 0.273. The molecule has 0 radical (unpaired) electrons. The third kappa shape index (κ3) is 4.63. The van der Waals surface area contributed by atoms with Crippen LogP contribution >= 0.6 is 0 Å². The van der Waals surface area contributed by atoms with Crippen LogP contribution in [0.5, 0.6) is 11.5 Å². The summed E-state index contributed by atoms with van der Waals surface area (Å²) in [5, 5.41) is 4.82. The highest BCUT2D eigenvalue weighted by molar-refractivity contribution is 6.13. The summed E-state index contributed by atoms with van der Waals surface area (Å²) in [6.07, 6.45) is 1.55. The first-order valence-electron chi connectivity index (χ1n) is 11.4. The van der Waals surface area contributed by atoms with Gasteiger partial charge in [0.15, 0.2) is 11.5 Å². The first-order chi connectivity index (χ1) is 17.5. The maximum Gasteiger partial charge on any atom is 0.329 e. The predicted molar refractivity (Wildman–Crippen MR) is 135 cm³/mol. The number of methoxy groups -OCH3 is 1. The Morgan fingerprint density at radius 2 is 1.64 bits per heavy atom. The monoisotopic (exact) mass is 482 g/mol. The lowest BCUT2D eigenvalue weighted by Crippen LogP contribution is -2.30. The molecule has 4 aromatic carbocycles. The van der Waals surface area contributed by atoms with Crippen LogP contribution in [-0.4, -0.2) is 23.9 Å². The minimum Gasteiger partial charge on any atom is -0.493 e. The molecule has 0 aliphatic carbocycles. The van der Waals surface area contributed by atoms with Gasteiger partial charge in [-0.1, -0.05) is 66.7 Å². The molecule has 3 amide bonds. The Labute approximate surface area is 207 Å². The zero-order valence-electron chi connectivity index (χ0n) is 19.5. The summed E-state index contributed by atoms with van der Waals surface area (Å²) < 4.78 is 25.6. The van der Waals surface area contributed by atoms with Crippen LogP contribution in [0.2, 0.25) is 0 Å². The molecular weight excluding hydrogens is 459 g/mol. The van der Waals surface area contributed by atoms with Gasteiger partial charge in [0.05, 0.1) is 13.7 Å². The number of benzene rings is 4. The fourth-order valence-corrected chi connectivity index (χ4v) is 4.15. The van der Waals surface area contributed by atoms with Crippen molar-refractivity contribution in [2.75, 3.05) is 7.11 Å². The van der Waals surface area contributed by atoms with E-state index in [4.69, 9.17) is 9.47 Å². The van der Waals surface area contributed by atoms with Crippen LogP contribution in [0.1, 0.15) is 16.7 Å².